The molecular weight excluding hydrogens is 328 g/mol. The van der Waals surface area contributed by atoms with Crippen molar-refractivity contribution in [3.05, 3.63) is 24.3 Å². The van der Waals surface area contributed by atoms with Crippen molar-refractivity contribution in [2.75, 3.05) is 31.6 Å². The number of carbonyl (C=O) groups excluding carboxylic acids is 1. The van der Waals surface area contributed by atoms with Gasteiger partial charge in [-0.1, -0.05) is 0 Å². The average molecular weight is 353 g/mol. The Morgan fingerprint density at radius 1 is 1.25 bits per heavy atom. The smallest absolute Gasteiger partial charge is 0.228 e. The van der Waals surface area contributed by atoms with Crippen LogP contribution in [0.25, 0.3) is 0 Å². The topological polar surface area (TPSA) is 59.6 Å². The molecule has 0 aromatic heterocycles. The summed E-state index contributed by atoms with van der Waals surface area (Å²) >= 11 is 0. The molecule has 3 aliphatic rings. The minimum absolute atomic E-state index is 0. The predicted molar refractivity (Wildman–Crippen MR) is 94.8 cm³/mol. The van der Waals surface area contributed by atoms with E-state index in [1.165, 1.54) is 0 Å². The molecule has 1 aromatic rings. The van der Waals surface area contributed by atoms with Crippen molar-refractivity contribution in [3.63, 3.8) is 0 Å². The first-order chi connectivity index (χ1) is 11.3. The fraction of sp³-hybridized carbons (Fsp3) is 0.611. The van der Waals surface area contributed by atoms with Crippen molar-refractivity contribution in [3.8, 4) is 5.75 Å². The molecule has 1 aromatic carbocycles. The third-order valence-corrected chi connectivity index (χ3v) is 5.42. The molecule has 2 saturated heterocycles. The molecule has 1 saturated carbocycles. The van der Waals surface area contributed by atoms with Gasteiger partial charge in [0.2, 0.25) is 5.91 Å². The molecule has 2 heterocycles. The van der Waals surface area contributed by atoms with Crippen molar-refractivity contribution in [1.29, 1.82) is 0 Å². The van der Waals surface area contributed by atoms with Gasteiger partial charge in [0.05, 0.1) is 13.2 Å². The molecule has 1 amide bonds. The van der Waals surface area contributed by atoms with E-state index in [4.69, 9.17) is 9.47 Å². The number of hydrogen-bond acceptors (Lipinski definition) is 4. The SMILES string of the molecule is Cl.O=C(Nc1ccc(OC2CCOC2)cc1)C1CC12CCNCC2. The van der Waals surface area contributed by atoms with Crippen molar-refractivity contribution < 1.29 is 14.3 Å². The Hall–Kier alpha value is -1.30. The highest BCUT2D eigenvalue weighted by molar-refractivity contribution is 5.95. The van der Waals surface area contributed by atoms with Gasteiger partial charge in [0.1, 0.15) is 11.9 Å². The molecule has 2 N–H and O–H groups in total. The van der Waals surface area contributed by atoms with Crippen LogP contribution in [0, 0.1) is 11.3 Å². The second kappa shape index (κ2) is 7.30. The fourth-order valence-corrected chi connectivity index (χ4v) is 3.84. The molecule has 2 unspecified atom stereocenters. The summed E-state index contributed by atoms with van der Waals surface area (Å²) in [6, 6.07) is 7.67. The monoisotopic (exact) mass is 352 g/mol. The largest absolute Gasteiger partial charge is 0.488 e. The first-order valence-electron chi connectivity index (χ1n) is 8.61. The highest BCUT2D eigenvalue weighted by atomic mass is 35.5. The normalized spacial score (nSPS) is 27.3. The van der Waals surface area contributed by atoms with Gasteiger partial charge in [-0.25, -0.2) is 0 Å². The van der Waals surface area contributed by atoms with Gasteiger partial charge < -0.3 is 20.1 Å². The lowest BCUT2D eigenvalue weighted by Crippen LogP contribution is -2.31. The Bertz CT molecular complexity index is 566. The van der Waals surface area contributed by atoms with Crippen LogP contribution < -0.4 is 15.4 Å². The zero-order valence-electron chi connectivity index (χ0n) is 13.8. The van der Waals surface area contributed by atoms with Gasteiger partial charge in [-0.15, -0.1) is 12.4 Å². The summed E-state index contributed by atoms with van der Waals surface area (Å²) in [5.74, 6) is 1.20. The number of piperidine rings is 1. The van der Waals surface area contributed by atoms with Crippen molar-refractivity contribution in [2.24, 2.45) is 11.3 Å². The second-order valence-electron chi connectivity index (χ2n) is 6.99. The van der Waals surface area contributed by atoms with Crippen LogP contribution in [0.2, 0.25) is 0 Å². The van der Waals surface area contributed by atoms with Crippen LogP contribution >= 0.6 is 12.4 Å². The van der Waals surface area contributed by atoms with Gasteiger partial charge in [-0.05, 0) is 62.0 Å². The summed E-state index contributed by atoms with van der Waals surface area (Å²) in [7, 11) is 0. The Kier molecular flexibility index (Phi) is 5.33. The van der Waals surface area contributed by atoms with E-state index in [2.05, 4.69) is 10.6 Å². The zero-order chi connectivity index (χ0) is 15.7. The minimum Gasteiger partial charge on any atom is -0.488 e. The average Bonchev–Trinajstić information content (AvgIpc) is 3.02. The van der Waals surface area contributed by atoms with E-state index in [-0.39, 0.29) is 35.8 Å². The first-order valence-corrected chi connectivity index (χ1v) is 8.61. The number of amides is 1. The number of anilines is 1. The molecule has 6 heteroatoms. The lowest BCUT2D eigenvalue weighted by molar-refractivity contribution is -0.118. The summed E-state index contributed by atoms with van der Waals surface area (Å²) in [5.41, 5.74) is 1.13. The van der Waals surface area contributed by atoms with Gasteiger partial charge in [-0.3, -0.25) is 4.79 Å². The summed E-state index contributed by atoms with van der Waals surface area (Å²) in [6.45, 7) is 3.52. The molecule has 0 bridgehead atoms. The number of carbonyl (C=O) groups is 1. The Morgan fingerprint density at radius 2 is 2.00 bits per heavy atom. The van der Waals surface area contributed by atoms with Crippen LogP contribution in [0.15, 0.2) is 24.3 Å². The lowest BCUT2D eigenvalue weighted by Gasteiger charge is -2.23. The molecule has 2 atom stereocenters. The summed E-state index contributed by atoms with van der Waals surface area (Å²) in [5, 5.41) is 6.43. The van der Waals surface area contributed by atoms with E-state index in [1.807, 2.05) is 24.3 Å². The van der Waals surface area contributed by atoms with Crippen LogP contribution in [0.5, 0.6) is 5.75 Å². The molecule has 3 fully saturated rings. The molecule has 0 radical (unpaired) electrons. The minimum atomic E-state index is 0. The molecule has 5 nitrogen and oxygen atoms in total. The van der Waals surface area contributed by atoms with E-state index in [1.54, 1.807) is 0 Å². The highest BCUT2D eigenvalue weighted by Gasteiger charge is 2.57. The quantitative estimate of drug-likeness (QED) is 0.874. The van der Waals surface area contributed by atoms with Crippen LogP contribution in [0.1, 0.15) is 25.7 Å². The van der Waals surface area contributed by atoms with Crippen LogP contribution in [0.4, 0.5) is 5.69 Å². The molecule has 2 aliphatic heterocycles. The number of ether oxygens (including phenoxy) is 2. The maximum absolute atomic E-state index is 12.4. The van der Waals surface area contributed by atoms with Gasteiger partial charge in [0.15, 0.2) is 0 Å². The summed E-state index contributed by atoms with van der Waals surface area (Å²) in [6.07, 6.45) is 4.39. The van der Waals surface area contributed by atoms with E-state index in [9.17, 15) is 4.79 Å². The fourth-order valence-electron chi connectivity index (χ4n) is 3.84. The van der Waals surface area contributed by atoms with Gasteiger partial charge >= 0.3 is 0 Å². The zero-order valence-corrected chi connectivity index (χ0v) is 14.6. The number of halogens is 1. The maximum atomic E-state index is 12.4. The summed E-state index contributed by atoms with van der Waals surface area (Å²) in [4.78, 5) is 12.4. The Morgan fingerprint density at radius 3 is 2.67 bits per heavy atom. The number of rotatable bonds is 4. The predicted octanol–water partition coefficient (Wildman–Crippen LogP) is 2.60. The number of hydrogen-bond donors (Lipinski definition) is 2. The molecule has 132 valence electrons. The van der Waals surface area contributed by atoms with Crippen molar-refractivity contribution >= 4 is 24.0 Å². The van der Waals surface area contributed by atoms with E-state index in [0.29, 0.717) is 6.61 Å². The first kappa shape index (κ1) is 17.5. The standard InChI is InChI=1S/C18H24N2O3.ClH/c21-17(16-11-18(16)6-8-19-9-7-18)20-13-1-3-14(4-2-13)23-15-5-10-22-12-15;/h1-4,15-16,19H,5-12H2,(H,20,21);1H. The Labute approximate surface area is 148 Å². The van der Waals surface area contributed by atoms with Crippen molar-refractivity contribution in [1.82, 2.24) is 5.32 Å². The van der Waals surface area contributed by atoms with E-state index < -0.39 is 0 Å². The van der Waals surface area contributed by atoms with E-state index >= 15 is 0 Å². The molecule has 4 rings (SSSR count). The van der Waals surface area contributed by atoms with Crippen LogP contribution in [0.3, 0.4) is 0 Å². The van der Waals surface area contributed by atoms with E-state index in [0.717, 1.165) is 56.8 Å². The van der Waals surface area contributed by atoms with Gasteiger partial charge in [-0.2, -0.15) is 0 Å². The number of benzene rings is 1. The summed E-state index contributed by atoms with van der Waals surface area (Å²) < 4.78 is 11.1. The maximum Gasteiger partial charge on any atom is 0.228 e. The lowest BCUT2D eigenvalue weighted by atomic mass is 9.92. The third-order valence-electron chi connectivity index (χ3n) is 5.42. The highest BCUT2D eigenvalue weighted by Crippen LogP contribution is 2.58. The van der Waals surface area contributed by atoms with Crippen LogP contribution in [-0.2, 0) is 9.53 Å². The molecule has 24 heavy (non-hydrogen) atoms. The molecular formula is C18H25ClN2O3. The Balaban J connectivity index is 0.00000169. The van der Waals surface area contributed by atoms with Crippen molar-refractivity contribution in [2.45, 2.75) is 31.8 Å². The van der Waals surface area contributed by atoms with Gasteiger partial charge in [0, 0.05) is 18.0 Å². The number of nitrogens with one attached hydrogen (secondary N) is 2. The van der Waals surface area contributed by atoms with Crippen LogP contribution in [-0.4, -0.2) is 38.3 Å². The molecule has 1 spiro atoms. The molecule has 1 aliphatic carbocycles. The van der Waals surface area contributed by atoms with Gasteiger partial charge in [0.25, 0.3) is 0 Å². The second-order valence-corrected chi connectivity index (χ2v) is 6.99. The third kappa shape index (κ3) is 3.68.